The summed E-state index contributed by atoms with van der Waals surface area (Å²) in [7, 11) is 1.55. The number of rotatable bonds is 8. The predicted molar refractivity (Wildman–Crippen MR) is 164 cm³/mol. The average molecular weight is 568 g/mol. The molecule has 0 radical (unpaired) electrons. The number of carbonyl (C=O) groups excluding carboxylic acids is 3. The van der Waals surface area contributed by atoms with Gasteiger partial charge >= 0.3 is 6.09 Å². The van der Waals surface area contributed by atoms with Gasteiger partial charge in [-0.25, -0.2) is 4.79 Å². The normalized spacial score (nSPS) is 12.7. The van der Waals surface area contributed by atoms with Crippen LogP contribution in [-0.2, 0) is 20.7 Å². The maximum atomic E-state index is 14.1. The first-order valence-electron chi connectivity index (χ1n) is 13.8. The van der Waals surface area contributed by atoms with E-state index in [9.17, 15) is 19.5 Å². The van der Waals surface area contributed by atoms with Gasteiger partial charge in [0.1, 0.15) is 23.4 Å². The van der Waals surface area contributed by atoms with E-state index in [0.717, 1.165) is 16.3 Å². The molecule has 4 aromatic rings. The van der Waals surface area contributed by atoms with Crippen LogP contribution in [0.5, 0.6) is 5.75 Å². The van der Waals surface area contributed by atoms with Crippen molar-refractivity contribution in [1.82, 2.24) is 10.2 Å². The molecule has 0 spiro atoms. The van der Waals surface area contributed by atoms with Gasteiger partial charge in [-0.2, -0.15) is 0 Å². The number of phenols is 1. The van der Waals surface area contributed by atoms with Gasteiger partial charge in [-0.1, -0.05) is 72.3 Å². The van der Waals surface area contributed by atoms with E-state index in [1.54, 1.807) is 40.0 Å². The Morgan fingerprint density at radius 3 is 2.17 bits per heavy atom. The number of ether oxygens (including phenoxy) is 1. The SMILES string of the molecule is Cc1ccc(C(C(=O)Nc2ccc3ccccc3c2)N(C)C(=O)C(Cc2ccc(O)cc2)NC(=O)OC(C)(C)C)cc1. The van der Waals surface area contributed by atoms with Gasteiger partial charge in [0, 0.05) is 19.2 Å². The lowest BCUT2D eigenvalue weighted by atomic mass is 10.00. The zero-order chi connectivity index (χ0) is 30.4. The molecular weight excluding hydrogens is 530 g/mol. The minimum absolute atomic E-state index is 0.0867. The number of anilines is 1. The molecule has 3 N–H and O–H groups in total. The molecule has 0 saturated heterocycles. The van der Waals surface area contributed by atoms with E-state index in [2.05, 4.69) is 10.6 Å². The van der Waals surface area contributed by atoms with Crippen LogP contribution in [0.3, 0.4) is 0 Å². The number of amides is 3. The lowest BCUT2D eigenvalue weighted by molar-refractivity contribution is -0.139. The van der Waals surface area contributed by atoms with Gasteiger partial charge in [-0.15, -0.1) is 0 Å². The van der Waals surface area contributed by atoms with Gasteiger partial charge in [-0.3, -0.25) is 9.59 Å². The maximum absolute atomic E-state index is 14.1. The Morgan fingerprint density at radius 2 is 1.52 bits per heavy atom. The van der Waals surface area contributed by atoms with Crippen molar-refractivity contribution in [2.45, 2.75) is 51.8 Å². The highest BCUT2D eigenvalue weighted by Gasteiger charge is 2.34. The largest absolute Gasteiger partial charge is 0.508 e. The quantitative estimate of drug-likeness (QED) is 0.238. The van der Waals surface area contributed by atoms with Crippen LogP contribution in [0.25, 0.3) is 10.8 Å². The van der Waals surface area contributed by atoms with Gasteiger partial charge < -0.3 is 25.4 Å². The lowest BCUT2D eigenvalue weighted by Gasteiger charge is -2.32. The van der Waals surface area contributed by atoms with Crippen LogP contribution in [0.2, 0.25) is 0 Å². The highest BCUT2D eigenvalue weighted by Crippen LogP contribution is 2.26. The predicted octanol–water partition coefficient (Wildman–Crippen LogP) is 6.13. The van der Waals surface area contributed by atoms with E-state index in [-0.39, 0.29) is 12.2 Å². The topological polar surface area (TPSA) is 108 Å². The van der Waals surface area contributed by atoms with Gasteiger partial charge in [0.15, 0.2) is 0 Å². The number of hydrogen-bond donors (Lipinski definition) is 3. The fraction of sp³-hybridized carbons (Fsp3) is 0.265. The van der Waals surface area contributed by atoms with E-state index in [1.165, 1.54) is 17.0 Å². The standard InChI is InChI=1S/C34H37N3O5/c1-22-10-14-25(15-11-22)30(31(39)35-27-17-16-24-8-6-7-9-26(24)21-27)37(5)32(40)29(36-33(41)42-34(2,3)4)20-23-12-18-28(38)19-13-23/h6-19,21,29-30,38H,20H2,1-5H3,(H,35,39)(H,36,41). The number of nitrogens with zero attached hydrogens (tertiary/aromatic N) is 1. The first-order chi connectivity index (χ1) is 19.9. The van der Waals surface area contributed by atoms with E-state index in [1.807, 2.05) is 73.7 Å². The highest BCUT2D eigenvalue weighted by molar-refractivity contribution is 6.00. The summed E-state index contributed by atoms with van der Waals surface area (Å²) in [6.45, 7) is 7.15. The van der Waals surface area contributed by atoms with Crippen LogP contribution in [0.4, 0.5) is 10.5 Å². The van der Waals surface area contributed by atoms with Gasteiger partial charge in [0.05, 0.1) is 0 Å². The van der Waals surface area contributed by atoms with Gasteiger partial charge in [-0.05, 0) is 73.9 Å². The van der Waals surface area contributed by atoms with Crippen molar-refractivity contribution in [2.75, 3.05) is 12.4 Å². The van der Waals surface area contributed by atoms with Crippen LogP contribution >= 0.6 is 0 Å². The van der Waals surface area contributed by atoms with Crippen molar-refractivity contribution in [3.63, 3.8) is 0 Å². The average Bonchev–Trinajstić information content (AvgIpc) is 2.93. The third-order valence-electron chi connectivity index (χ3n) is 6.76. The highest BCUT2D eigenvalue weighted by atomic mass is 16.6. The summed E-state index contributed by atoms with van der Waals surface area (Å²) in [4.78, 5) is 42.0. The molecule has 218 valence electrons. The Labute approximate surface area is 246 Å². The number of alkyl carbamates (subject to hydrolysis) is 1. The van der Waals surface area contributed by atoms with E-state index in [0.29, 0.717) is 16.8 Å². The smallest absolute Gasteiger partial charge is 0.408 e. The second kappa shape index (κ2) is 12.8. The summed E-state index contributed by atoms with van der Waals surface area (Å²) in [5.41, 5.74) is 2.17. The molecule has 0 aliphatic carbocycles. The van der Waals surface area contributed by atoms with E-state index in [4.69, 9.17) is 4.74 Å². The van der Waals surface area contributed by atoms with Crippen LogP contribution in [0.15, 0.2) is 91.0 Å². The van der Waals surface area contributed by atoms with Crippen molar-refractivity contribution in [2.24, 2.45) is 0 Å². The van der Waals surface area contributed by atoms with E-state index < -0.39 is 35.6 Å². The summed E-state index contributed by atoms with van der Waals surface area (Å²) >= 11 is 0. The molecule has 0 aliphatic rings. The third-order valence-corrected chi connectivity index (χ3v) is 6.76. The third kappa shape index (κ3) is 7.87. The fourth-order valence-electron chi connectivity index (χ4n) is 4.67. The van der Waals surface area contributed by atoms with Crippen molar-refractivity contribution < 1.29 is 24.2 Å². The molecule has 0 heterocycles. The summed E-state index contributed by atoms with van der Waals surface area (Å²) in [6, 6.07) is 25.2. The molecule has 3 amide bonds. The number of carbonyl (C=O) groups is 3. The molecule has 42 heavy (non-hydrogen) atoms. The number of benzene rings is 4. The molecule has 2 unspecified atom stereocenters. The molecule has 4 rings (SSSR count). The molecule has 0 saturated carbocycles. The molecule has 0 fully saturated rings. The molecule has 8 heteroatoms. The Bertz CT molecular complexity index is 1560. The van der Waals surface area contributed by atoms with Crippen molar-refractivity contribution >= 4 is 34.4 Å². The Hall–Kier alpha value is -4.85. The zero-order valence-electron chi connectivity index (χ0n) is 24.5. The number of phenolic OH excluding ortho intramolecular Hbond substituents is 1. The first kappa shape index (κ1) is 30.1. The summed E-state index contributed by atoms with van der Waals surface area (Å²) in [5.74, 6) is -0.789. The van der Waals surface area contributed by atoms with Crippen LogP contribution in [0.1, 0.15) is 43.5 Å². The molecule has 0 bridgehead atoms. The minimum Gasteiger partial charge on any atom is -0.508 e. The maximum Gasteiger partial charge on any atom is 0.408 e. The van der Waals surface area contributed by atoms with Crippen molar-refractivity contribution in [3.05, 3.63) is 108 Å². The monoisotopic (exact) mass is 567 g/mol. The number of hydrogen-bond acceptors (Lipinski definition) is 5. The fourth-order valence-corrected chi connectivity index (χ4v) is 4.67. The molecule has 0 aromatic heterocycles. The molecular formula is C34H37N3O5. The second-order valence-corrected chi connectivity index (χ2v) is 11.4. The summed E-state index contributed by atoms with van der Waals surface area (Å²) in [6.07, 6.45) is -0.629. The molecule has 2 atom stereocenters. The summed E-state index contributed by atoms with van der Waals surface area (Å²) < 4.78 is 5.43. The van der Waals surface area contributed by atoms with E-state index >= 15 is 0 Å². The number of fused-ring (bicyclic) bond motifs is 1. The van der Waals surface area contributed by atoms with Crippen LogP contribution in [-0.4, -0.2) is 46.6 Å². The Balaban J connectivity index is 1.65. The van der Waals surface area contributed by atoms with Crippen molar-refractivity contribution in [1.29, 1.82) is 0 Å². The Kier molecular flexibility index (Phi) is 9.15. The number of aromatic hydroxyl groups is 1. The molecule has 0 aliphatic heterocycles. The molecule has 4 aromatic carbocycles. The van der Waals surface area contributed by atoms with Crippen LogP contribution < -0.4 is 10.6 Å². The first-order valence-corrected chi connectivity index (χ1v) is 13.8. The number of aryl methyl sites for hydroxylation is 1. The molecule has 8 nitrogen and oxygen atoms in total. The van der Waals surface area contributed by atoms with Crippen molar-refractivity contribution in [3.8, 4) is 5.75 Å². The number of likely N-dealkylation sites (N-methyl/N-ethyl adjacent to an activating group) is 1. The van der Waals surface area contributed by atoms with Crippen LogP contribution in [0, 0.1) is 6.92 Å². The van der Waals surface area contributed by atoms with Gasteiger partial charge in [0.25, 0.3) is 5.91 Å². The zero-order valence-corrected chi connectivity index (χ0v) is 24.5. The van der Waals surface area contributed by atoms with Gasteiger partial charge in [0.2, 0.25) is 5.91 Å². The summed E-state index contributed by atoms with van der Waals surface area (Å²) in [5, 5.41) is 17.4. The second-order valence-electron chi connectivity index (χ2n) is 11.4. The lowest BCUT2D eigenvalue weighted by Crippen LogP contribution is -2.52. The Morgan fingerprint density at radius 1 is 0.881 bits per heavy atom. The minimum atomic E-state index is -1.05. The number of nitrogens with one attached hydrogen (secondary N) is 2.